The Labute approximate surface area is 289 Å². The highest BCUT2D eigenvalue weighted by Crippen LogP contribution is 2.47. The van der Waals surface area contributed by atoms with Crippen molar-refractivity contribution in [3.63, 3.8) is 0 Å². The number of anilines is 3. The zero-order valence-electron chi connectivity index (χ0n) is 29.8. The van der Waals surface area contributed by atoms with Crippen LogP contribution >= 0.6 is 0 Å². The smallest absolute Gasteiger partial charge is 0.251 e. The Morgan fingerprint density at radius 3 is 2.65 bits per heavy atom. The van der Waals surface area contributed by atoms with E-state index in [2.05, 4.69) is 64.4 Å². The van der Waals surface area contributed by atoms with Crippen molar-refractivity contribution < 1.29 is 14.3 Å². The van der Waals surface area contributed by atoms with Crippen LogP contribution in [-0.4, -0.2) is 65.2 Å². The highest BCUT2D eigenvalue weighted by atomic mass is 16.5. The lowest BCUT2D eigenvalue weighted by Crippen LogP contribution is -2.56. The molecule has 258 valence electrons. The zero-order valence-corrected chi connectivity index (χ0v) is 29.8. The molecule has 0 unspecified atom stereocenters. The van der Waals surface area contributed by atoms with Gasteiger partial charge in [-0.3, -0.25) is 9.59 Å². The SMILES string of the molecule is CNC(=O)c1cc(Nc2nc(-c3ccc4c(c3)N(C3CC(NC[C@@H]5CCOC[C@H]5C)C3)C(=O)C4(C)C)cc3ncn(C(C)C)c23)ccc1C. The number of fused-ring (bicyclic) bond motifs is 2. The van der Waals surface area contributed by atoms with Gasteiger partial charge in [-0.2, -0.15) is 0 Å². The second-order valence-electron chi connectivity index (χ2n) is 15.1. The van der Waals surface area contributed by atoms with Crippen LogP contribution in [0.2, 0.25) is 0 Å². The Morgan fingerprint density at radius 1 is 1.12 bits per heavy atom. The van der Waals surface area contributed by atoms with Crippen LogP contribution in [0.1, 0.15) is 81.4 Å². The van der Waals surface area contributed by atoms with E-state index >= 15 is 0 Å². The Kier molecular flexibility index (Phi) is 8.73. The van der Waals surface area contributed by atoms with Gasteiger partial charge in [0, 0.05) is 60.9 Å². The van der Waals surface area contributed by atoms with Crippen LogP contribution < -0.4 is 20.9 Å². The first-order valence-electron chi connectivity index (χ1n) is 17.7. The molecule has 0 spiro atoms. The minimum Gasteiger partial charge on any atom is -0.381 e. The van der Waals surface area contributed by atoms with E-state index in [9.17, 15) is 9.59 Å². The molecule has 2 aromatic heterocycles. The van der Waals surface area contributed by atoms with Crippen molar-refractivity contribution in [3.05, 3.63) is 65.5 Å². The molecule has 7 rings (SSSR count). The molecule has 4 heterocycles. The van der Waals surface area contributed by atoms with E-state index in [0.29, 0.717) is 29.3 Å². The number of aryl methyl sites for hydroxylation is 1. The third-order valence-electron chi connectivity index (χ3n) is 11.0. The van der Waals surface area contributed by atoms with E-state index in [1.165, 1.54) is 0 Å². The summed E-state index contributed by atoms with van der Waals surface area (Å²) >= 11 is 0. The maximum atomic E-state index is 14.0. The van der Waals surface area contributed by atoms with Crippen LogP contribution in [0, 0.1) is 18.8 Å². The van der Waals surface area contributed by atoms with Crippen molar-refractivity contribution in [1.29, 1.82) is 0 Å². The number of benzene rings is 2. The van der Waals surface area contributed by atoms with Gasteiger partial charge in [0.05, 0.1) is 23.0 Å². The number of rotatable bonds is 9. The maximum absolute atomic E-state index is 14.0. The molecule has 3 N–H and O–H groups in total. The second-order valence-corrected chi connectivity index (χ2v) is 15.1. The van der Waals surface area contributed by atoms with Crippen molar-refractivity contribution in [3.8, 4) is 11.3 Å². The molecular weight excluding hydrogens is 614 g/mol. The molecule has 1 aliphatic carbocycles. The number of carbonyl (C=O) groups excluding carboxylic acids is 2. The van der Waals surface area contributed by atoms with Crippen molar-refractivity contribution in [2.24, 2.45) is 11.8 Å². The number of carbonyl (C=O) groups is 2. The fourth-order valence-corrected chi connectivity index (χ4v) is 7.72. The van der Waals surface area contributed by atoms with Crippen LogP contribution in [-0.2, 0) is 14.9 Å². The Bertz CT molecular complexity index is 1910. The van der Waals surface area contributed by atoms with Crippen LogP contribution in [0.25, 0.3) is 22.3 Å². The quantitative estimate of drug-likeness (QED) is 0.187. The van der Waals surface area contributed by atoms with Gasteiger partial charge in [-0.05, 0) is 108 Å². The third kappa shape index (κ3) is 5.99. The molecule has 1 saturated heterocycles. The van der Waals surface area contributed by atoms with Gasteiger partial charge in [0.15, 0.2) is 5.82 Å². The molecule has 0 radical (unpaired) electrons. The molecule has 2 aromatic carbocycles. The molecular formula is C39H49N7O3. The van der Waals surface area contributed by atoms with Gasteiger partial charge in [0.2, 0.25) is 5.91 Å². The van der Waals surface area contributed by atoms with E-state index in [-0.39, 0.29) is 23.9 Å². The van der Waals surface area contributed by atoms with Gasteiger partial charge < -0.3 is 30.2 Å². The molecule has 10 heteroatoms. The fraction of sp³-hybridized carbons (Fsp3) is 0.487. The summed E-state index contributed by atoms with van der Waals surface area (Å²) in [6.07, 6.45) is 4.85. The number of nitrogens with zero attached hydrogens (tertiary/aromatic N) is 4. The van der Waals surface area contributed by atoms with Crippen LogP contribution in [0.4, 0.5) is 17.2 Å². The lowest BCUT2D eigenvalue weighted by atomic mass is 9.83. The summed E-state index contributed by atoms with van der Waals surface area (Å²) in [4.78, 5) is 38.6. The minimum absolute atomic E-state index is 0.136. The number of amides is 2. The first kappa shape index (κ1) is 33.2. The molecule has 1 saturated carbocycles. The minimum atomic E-state index is -0.599. The van der Waals surface area contributed by atoms with E-state index in [0.717, 1.165) is 83.8 Å². The van der Waals surface area contributed by atoms with Crippen molar-refractivity contribution >= 4 is 40.0 Å². The summed E-state index contributed by atoms with van der Waals surface area (Å²) in [7, 11) is 1.64. The van der Waals surface area contributed by atoms with Gasteiger partial charge in [0.25, 0.3) is 5.91 Å². The summed E-state index contributed by atoms with van der Waals surface area (Å²) in [5, 5.41) is 10.0. The summed E-state index contributed by atoms with van der Waals surface area (Å²) in [6, 6.07) is 14.8. The largest absolute Gasteiger partial charge is 0.381 e. The van der Waals surface area contributed by atoms with E-state index in [1.54, 1.807) is 7.05 Å². The first-order chi connectivity index (χ1) is 23.5. The standard InChI is InChI=1S/C39H49N7O3/c1-22(2)45-21-42-33-18-32(44-36(35(33)45)43-27-10-8-23(3)30(17-27)37(47)40-7)25-9-11-31-34(14-25)46(38(48)39(31,5)6)29-15-28(16-29)41-19-26-12-13-49-20-24(26)4/h8-11,14,17-18,21-22,24,26,28-29,41H,12-13,15-16,19-20H2,1-7H3,(H,40,47)(H,43,44)/t24-,26+,28?,29?/m1/s1. The number of hydrogen-bond acceptors (Lipinski definition) is 7. The van der Waals surface area contributed by atoms with Gasteiger partial charge in [-0.1, -0.05) is 25.1 Å². The molecule has 2 atom stereocenters. The molecule has 2 fully saturated rings. The molecule has 2 amide bonds. The Hall–Kier alpha value is -4.28. The molecule has 49 heavy (non-hydrogen) atoms. The van der Waals surface area contributed by atoms with Gasteiger partial charge in [0.1, 0.15) is 5.52 Å². The van der Waals surface area contributed by atoms with Crippen LogP contribution in [0.15, 0.2) is 48.8 Å². The highest BCUT2D eigenvalue weighted by molar-refractivity contribution is 6.09. The summed E-state index contributed by atoms with van der Waals surface area (Å²) < 4.78 is 7.75. The van der Waals surface area contributed by atoms with E-state index in [4.69, 9.17) is 14.7 Å². The van der Waals surface area contributed by atoms with E-state index in [1.807, 2.05) is 51.4 Å². The average molecular weight is 664 g/mol. The number of ether oxygens (including phenoxy) is 1. The number of aromatic nitrogens is 3. The van der Waals surface area contributed by atoms with Gasteiger partial charge >= 0.3 is 0 Å². The topological polar surface area (TPSA) is 113 Å². The second kappa shape index (κ2) is 12.9. The van der Waals surface area contributed by atoms with Crippen molar-refractivity contribution in [1.82, 2.24) is 25.2 Å². The van der Waals surface area contributed by atoms with Crippen molar-refractivity contribution in [2.75, 3.05) is 37.0 Å². The van der Waals surface area contributed by atoms with Crippen molar-refractivity contribution in [2.45, 2.75) is 84.3 Å². The lowest BCUT2D eigenvalue weighted by molar-refractivity contribution is -0.123. The molecule has 2 aliphatic heterocycles. The monoisotopic (exact) mass is 663 g/mol. The Morgan fingerprint density at radius 2 is 1.92 bits per heavy atom. The molecule has 10 nitrogen and oxygen atoms in total. The average Bonchev–Trinajstić information content (AvgIpc) is 3.58. The predicted molar refractivity (Wildman–Crippen MR) is 195 cm³/mol. The maximum Gasteiger partial charge on any atom is 0.251 e. The fourth-order valence-electron chi connectivity index (χ4n) is 7.72. The van der Waals surface area contributed by atoms with Crippen LogP contribution in [0.5, 0.6) is 0 Å². The van der Waals surface area contributed by atoms with Gasteiger partial charge in [-0.25, -0.2) is 9.97 Å². The zero-order chi connectivity index (χ0) is 34.6. The molecule has 0 bridgehead atoms. The molecule has 3 aliphatic rings. The van der Waals surface area contributed by atoms with Crippen LogP contribution in [0.3, 0.4) is 0 Å². The van der Waals surface area contributed by atoms with Gasteiger partial charge in [-0.15, -0.1) is 0 Å². The molecule has 4 aromatic rings. The Balaban J connectivity index is 1.20. The summed E-state index contributed by atoms with van der Waals surface area (Å²) in [6.45, 7) is 15.2. The third-order valence-corrected chi connectivity index (χ3v) is 11.0. The number of nitrogens with one attached hydrogen (secondary N) is 3. The predicted octanol–water partition coefficient (Wildman–Crippen LogP) is 6.51. The lowest BCUT2D eigenvalue weighted by Gasteiger charge is -2.43. The number of imidazole rings is 1. The normalized spacial score (nSPS) is 23.1. The number of pyridine rings is 1. The summed E-state index contributed by atoms with van der Waals surface area (Å²) in [5.74, 6) is 1.90. The van der Waals surface area contributed by atoms with E-state index < -0.39 is 5.41 Å². The highest BCUT2D eigenvalue weighted by Gasteiger charge is 2.49. The summed E-state index contributed by atoms with van der Waals surface area (Å²) in [5.41, 5.74) is 7.10. The first-order valence-corrected chi connectivity index (χ1v) is 17.7. The number of hydrogen-bond donors (Lipinski definition) is 3.